The van der Waals surface area contributed by atoms with Gasteiger partial charge in [-0.3, -0.25) is 4.79 Å². The Morgan fingerprint density at radius 1 is 1.42 bits per heavy atom. The molecule has 0 heterocycles. The third-order valence-corrected chi connectivity index (χ3v) is 2.26. The van der Waals surface area contributed by atoms with E-state index in [1.54, 1.807) is 13.8 Å². The Hall–Kier alpha value is -2.23. The second kappa shape index (κ2) is 7.26. The Balaban J connectivity index is 4.44. The number of terminal acetylenes is 1. The van der Waals surface area contributed by atoms with Gasteiger partial charge >= 0.3 is 18.0 Å². The first-order valence-electron chi connectivity index (χ1n) is 5.58. The van der Waals surface area contributed by atoms with E-state index < -0.39 is 29.6 Å². The molecule has 0 saturated carbocycles. The van der Waals surface area contributed by atoms with E-state index in [1.807, 2.05) is 0 Å². The molecule has 0 spiro atoms. The van der Waals surface area contributed by atoms with Crippen molar-refractivity contribution in [2.75, 3.05) is 7.11 Å². The number of carboxylic acids is 1. The van der Waals surface area contributed by atoms with Gasteiger partial charge in [-0.1, -0.05) is 5.92 Å². The van der Waals surface area contributed by atoms with Crippen LogP contribution in [0.25, 0.3) is 0 Å². The molecule has 7 heteroatoms. The summed E-state index contributed by atoms with van der Waals surface area (Å²) in [5.74, 6) is 0.558. The van der Waals surface area contributed by atoms with Gasteiger partial charge in [0.2, 0.25) is 0 Å². The van der Waals surface area contributed by atoms with Crippen LogP contribution in [0.15, 0.2) is 0 Å². The van der Waals surface area contributed by atoms with Gasteiger partial charge in [-0.2, -0.15) is 0 Å². The normalized spacial score (nSPS) is 11.9. The quantitative estimate of drug-likeness (QED) is 0.469. The minimum absolute atomic E-state index is 0.0636. The number of rotatable bonds is 6. The van der Waals surface area contributed by atoms with E-state index in [-0.39, 0.29) is 12.8 Å². The largest absolute Gasteiger partial charge is 0.480 e. The van der Waals surface area contributed by atoms with Crippen LogP contribution in [-0.2, 0) is 14.3 Å². The first-order chi connectivity index (χ1) is 8.71. The second-order valence-electron chi connectivity index (χ2n) is 4.37. The maximum Gasteiger partial charge on any atom is 0.326 e. The fourth-order valence-electron chi connectivity index (χ4n) is 1.14. The molecule has 0 fully saturated rings. The molecule has 2 amide bonds. The van der Waals surface area contributed by atoms with Gasteiger partial charge < -0.3 is 20.5 Å². The van der Waals surface area contributed by atoms with E-state index in [1.165, 1.54) is 7.11 Å². The first-order valence-corrected chi connectivity index (χ1v) is 5.58. The number of carbonyl (C=O) groups excluding carboxylic acids is 2. The predicted molar refractivity (Wildman–Crippen MR) is 67.3 cm³/mol. The van der Waals surface area contributed by atoms with Crippen molar-refractivity contribution in [1.82, 2.24) is 10.6 Å². The van der Waals surface area contributed by atoms with Gasteiger partial charge in [0.25, 0.3) is 0 Å². The van der Waals surface area contributed by atoms with Crippen molar-refractivity contribution in [3.05, 3.63) is 0 Å². The lowest BCUT2D eigenvalue weighted by molar-refractivity contribution is -0.142. The van der Waals surface area contributed by atoms with Gasteiger partial charge in [-0.15, -0.1) is 6.42 Å². The number of hydrogen-bond donors (Lipinski definition) is 3. The molecular weight excluding hydrogens is 252 g/mol. The molecular formula is C12H18N2O5. The van der Waals surface area contributed by atoms with Gasteiger partial charge in [0, 0.05) is 6.42 Å². The molecule has 1 atom stereocenters. The summed E-state index contributed by atoms with van der Waals surface area (Å²) < 4.78 is 4.40. The molecule has 0 aromatic heterocycles. The molecule has 0 aliphatic carbocycles. The number of carboxylic acid groups (broad SMARTS) is 1. The third kappa shape index (κ3) is 6.93. The van der Waals surface area contributed by atoms with Crippen LogP contribution in [0.1, 0.15) is 26.7 Å². The highest BCUT2D eigenvalue weighted by molar-refractivity contribution is 5.83. The molecule has 0 bridgehead atoms. The van der Waals surface area contributed by atoms with Gasteiger partial charge in [-0.25, -0.2) is 9.59 Å². The summed E-state index contributed by atoms with van der Waals surface area (Å²) in [4.78, 5) is 33.4. The molecule has 0 unspecified atom stereocenters. The molecule has 106 valence electrons. The molecule has 3 N–H and O–H groups in total. The van der Waals surface area contributed by atoms with Gasteiger partial charge in [0.15, 0.2) is 0 Å². The molecule has 7 nitrogen and oxygen atoms in total. The van der Waals surface area contributed by atoms with Crippen LogP contribution in [0, 0.1) is 12.3 Å². The summed E-state index contributed by atoms with van der Waals surface area (Å²) in [6.07, 6.45) is 5.02. The van der Waals surface area contributed by atoms with Crippen molar-refractivity contribution in [3.8, 4) is 12.3 Å². The number of amides is 2. The molecule has 19 heavy (non-hydrogen) atoms. The second-order valence-corrected chi connectivity index (χ2v) is 4.37. The molecule has 0 aromatic carbocycles. The van der Waals surface area contributed by atoms with E-state index in [0.717, 1.165) is 0 Å². The third-order valence-electron chi connectivity index (χ3n) is 2.26. The fraction of sp³-hybridized carbons (Fsp3) is 0.583. The van der Waals surface area contributed by atoms with E-state index in [4.69, 9.17) is 11.5 Å². The number of ether oxygens (including phenoxy) is 1. The number of carbonyl (C=O) groups is 3. The summed E-state index contributed by atoms with van der Waals surface area (Å²) >= 11 is 0. The Labute approximate surface area is 111 Å². The van der Waals surface area contributed by atoms with Crippen LogP contribution in [-0.4, -0.2) is 41.8 Å². The van der Waals surface area contributed by atoms with Gasteiger partial charge in [0.1, 0.15) is 6.04 Å². The number of aliphatic carboxylic acids is 1. The van der Waals surface area contributed by atoms with Crippen molar-refractivity contribution in [2.45, 2.75) is 38.3 Å². The fourth-order valence-corrected chi connectivity index (χ4v) is 1.14. The van der Waals surface area contributed by atoms with Crippen molar-refractivity contribution in [3.63, 3.8) is 0 Å². The highest BCUT2D eigenvalue weighted by Gasteiger charge is 2.24. The Morgan fingerprint density at radius 3 is 2.42 bits per heavy atom. The van der Waals surface area contributed by atoms with Gasteiger partial charge in [0.05, 0.1) is 12.6 Å². The number of nitrogens with one attached hydrogen (secondary N) is 2. The monoisotopic (exact) mass is 270 g/mol. The van der Waals surface area contributed by atoms with Crippen LogP contribution in [0.5, 0.6) is 0 Å². The highest BCUT2D eigenvalue weighted by Crippen LogP contribution is 2.02. The van der Waals surface area contributed by atoms with E-state index in [9.17, 15) is 14.4 Å². The van der Waals surface area contributed by atoms with E-state index in [0.29, 0.717) is 0 Å². The maximum absolute atomic E-state index is 11.5. The van der Waals surface area contributed by atoms with Crippen LogP contribution < -0.4 is 10.6 Å². The topological polar surface area (TPSA) is 105 Å². The van der Waals surface area contributed by atoms with Crippen LogP contribution in [0.3, 0.4) is 0 Å². The lowest BCUT2D eigenvalue weighted by atomic mass is 10.1. The first kappa shape index (κ1) is 16.8. The zero-order valence-corrected chi connectivity index (χ0v) is 11.1. The molecule has 0 rings (SSSR count). The summed E-state index contributed by atoms with van der Waals surface area (Å²) in [5.41, 5.74) is -0.893. The van der Waals surface area contributed by atoms with Crippen LogP contribution >= 0.6 is 0 Å². The van der Waals surface area contributed by atoms with Crippen LogP contribution in [0.2, 0.25) is 0 Å². The number of urea groups is 1. The van der Waals surface area contributed by atoms with Gasteiger partial charge in [-0.05, 0) is 20.3 Å². The molecule has 0 aromatic rings. The minimum Gasteiger partial charge on any atom is -0.480 e. The summed E-state index contributed by atoms with van der Waals surface area (Å²) in [7, 11) is 1.20. The Kier molecular flexibility index (Phi) is 6.41. The lowest BCUT2D eigenvalue weighted by Crippen LogP contribution is -2.52. The maximum atomic E-state index is 11.5. The van der Waals surface area contributed by atoms with E-state index in [2.05, 4.69) is 21.3 Å². The minimum atomic E-state index is -1.24. The Bertz CT molecular complexity index is 397. The number of hydrogen-bond acceptors (Lipinski definition) is 4. The SMILES string of the molecule is C#CC(C)(C)NC(=O)N[C@@H](CCC(=O)OC)C(=O)O. The van der Waals surface area contributed by atoms with Crippen molar-refractivity contribution >= 4 is 18.0 Å². The zero-order valence-electron chi connectivity index (χ0n) is 11.1. The predicted octanol–water partition coefficient (Wildman–Crippen LogP) is 0.104. The summed E-state index contributed by atoms with van der Waals surface area (Å²) in [6, 6.07) is -1.90. The molecule has 0 radical (unpaired) electrons. The van der Waals surface area contributed by atoms with Crippen LogP contribution in [0.4, 0.5) is 4.79 Å². The molecule has 0 aliphatic heterocycles. The average Bonchev–Trinajstić information content (AvgIpc) is 2.32. The molecule has 0 saturated heterocycles. The smallest absolute Gasteiger partial charge is 0.326 e. The number of methoxy groups -OCH3 is 1. The Morgan fingerprint density at radius 2 is 2.00 bits per heavy atom. The zero-order chi connectivity index (χ0) is 15.1. The highest BCUT2D eigenvalue weighted by atomic mass is 16.5. The van der Waals surface area contributed by atoms with Crippen molar-refractivity contribution in [1.29, 1.82) is 0 Å². The number of esters is 1. The summed E-state index contributed by atoms with van der Waals surface area (Å²) in [5, 5.41) is 13.6. The lowest BCUT2D eigenvalue weighted by Gasteiger charge is -2.22. The van der Waals surface area contributed by atoms with Crippen molar-refractivity contribution in [2.24, 2.45) is 0 Å². The summed E-state index contributed by atoms with van der Waals surface area (Å²) in [6.45, 7) is 3.19. The average molecular weight is 270 g/mol. The standard InChI is InChI=1S/C12H18N2O5/c1-5-12(2,3)14-11(18)13-8(10(16)17)6-7-9(15)19-4/h1,8H,6-7H2,2-4H3,(H,16,17)(H2,13,14,18)/t8-/m0/s1. The molecule has 0 aliphatic rings. The van der Waals surface area contributed by atoms with E-state index >= 15 is 0 Å². The van der Waals surface area contributed by atoms with Crippen molar-refractivity contribution < 1.29 is 24.2 Å².